The molecular weight excluding hydrogens is 380 g/mol. The van der Waals surface area contributed by atoms with Crippen LogP contribution in [0.1, 0.15) is 76.1 Å². The van der Waals surface area contributed by atoms with Gasteiger partial charge >= 0.3 is 0 Å². The van der Waals surface area contributed by atoms with Gasteiger partial charge in [0.25, 0.3) is 0 Å². The van der Waals surface area contributed by atoms with E-state index in [2.05, 4.69) is 18.7 Å². The van der Waals surface area contributed by atoms with Crippen molar-refractivity contribution in [2.75, 3.05) is 31.1 Å². The smallest absolute Gasteiger partial charge is 0.228 e. The van der Waals surface area contributed by atoms with Crippen LogP contribution in [0.5, 0.6) is 0 Å². The summed E-state index contributed by atoms with van der Waals surface area (Å²) in [4.78, 5) is 29.9. The maximum absolute atomic E-state index is 12.7. The van der Waals surface area contributed by atoms with E-state index in [-0.39, 0.29) is 11.3 Å². The number of amides is 1. The highest BCUT2D eigenvalue weighted by Gasteiger charge is 2.31. The fourth-order valence-corrected chi connectivity index (χ4v) is 5.64. The van der Waals surface area contributed by atoms with Gasteiger partial charge in [0.2, 0.25) is 5.91 Å². The Balaban J connectivity index is 1.69. The van der Waals surface area contributed by atoms with Crippen molar-refractivity contribution in [1.29, 1.82) is 0 Å². The minimum Gasteiger partial charge on any atom is -0.352 e. The maximum atomic E-state index is 12.7. The molecule has 1 aliphatic carbocycles. The number of hydrogen-bond acceptors (Lipinski definition) is 5. The summed E-state index contributed by atoms with van der Waals surface area (Å²) in [6, 6.07) is 0. The molecule has 2 aliphatic rings. The van der Waals surface area contributed by atoms with Gasteiger partial charge in [-0.1, -0.05) is 34.6 Å². The third-order valence-corrected chi connectivity index (χ3v) is 7.56. The van der Waals surface area contributed by atoms with E-state index < -0.39 is 0 Å². The summed E-state index contributed by atoms with van der Waals surface area (Å²) in [6.45, 7) is 13.7. The Bertz CT molecular complexity index is 906. The van der Waals surface area contributed by atoms with E-state index in [0.29, 0.717) is 5.92 Å². The Labute approximate surface area is 178 Å². The Morgan fingerprint density at radius 1 is 1.10 bits per heavy atom. The molecule has 0 bridgehead atoms. The number of aryl methyl sites for hydroxylation is 2. The second-order valence-corrected chi connectivity index (χ2v) is 10.7. The largest absolute Gasteiger partial charge is 0.352 e. The molecule has 1 aliphatic heterocycles. The van der Waals surface area contributed by atoms with Gasteiger partial charge in [-0.2, -0.15) is 0 Å². The topological polar surface area (TPSA) is 49.3 Å². The van der Waals surface area contributed by atoms with Crippen LogP contribution in [0, 0.1) is 5.41 Å². The number of piperazine rings is 1. The van der Waals surface area contributed by atoms with E-state index in [1.54, 1.807) is 0 Å². The minimum atomic E-state index is -0.319. The summed E-state index contributed by atoms with van der Waals surface area (Å²) in [5.41, 5.74) is 1.18. The van der Waals surface area contributed by atoms with Gasteiger partial charge in [-0.15, -0.1) is 11.3 Å². The molecule has 1 atom stereocenters. The van der Waals surface area contributed by atoms with Gasteiger partial charge in [0, 0.05) is 42.4 Å². The number of carbonyl (C=O) groups is 1. The number of aromatic nitrogens is 2. The molecule has 158 valence electrons. The Morgan fingerprint density at radius 3 is 2.45 bits per heavy atom. The third kappa shape index (κ3) is 3.88. The van der Waals surface area contributed by atoms with Crippen LogP contribution in [0.3, 0.4) is 0 Å². The molecule has 0 spiro atoms. The highest BCUT2D eigenvalue weighted by Crippen LogP contribution is 2.40. The van der Waals surface area contributed by atoms with E-state index >= 15 is 0 Å². The molecule has 6 heteroatoms. The van der Waals surface area contributed by atoms with Gasteiger partial charge in [0.05, 0.1) is 5.39 Å². The zero-order valence-electron chi connectivity index (χ0n) is 18.5. The van der Waals surface area contributed by atoms with Crippen LogP contribution in [0.25, 0.3) is 10.2 Å². The number of carbonyl (C=O) groups excluding carboxylic acids is 1. The Kier molecular flexibility index (Phi) is 5.58. The zero-order chi connectivity index (χ0) is 20.8. The van der Waals surface area contributed by atoms with Crippen molar-refractivity contribution in [1.82, 2.24) is 14.9 Å². The number of anilines is 1. The SMILES string of the molecule is CC[C@H](C)c1nc(N2CCN(C(=O)C(C)(C)C)CC2)c2c3c(sc2n1)CCCC3. The van der Waals surface area contributed by atoms with Crippen LogP contribution < -0.4 is 4.90 Å². The molecule has 1 fully saturated rings. The summed E-state index contributed by atoms with van der Waals surface area (Å²) in [5, 5.41) is 1.30. The van der Waals surface area contributed by atoms with Crippen molar-refractivity contribution in [3.63, 3.8) is 0 Å². The van der Waals surface area contributed by atoms with Crippen LogP contribution in [0.2, 0.25) is 0 Å². The molecule has 0 unspecified atom stereocenters. The predicted octanol–water partition coefficient (Wildman–Crippen LogP) is 4.78. The predicted molar refractivity (Wildman–Crippen MR) is 121 cm³/mol. The van der Waals surface area contributed by atoms with Gasteiger partial charge < -0.3 is 9.80 Å². The van der Waals surface area contributed by atoms with Crippen LogP contribution in [0.4, 0.5) is 5.82 Å². The average Bonchev–Trinajstić information content (AvgIpc) is 3.10. The van der Waals surface area contributed by atoms with Gasteiger partial charge in [0.15, 0.2) is 0 Å². The fourth-order valence-electron chi connectivity index (χ4n) is 4.38. The average molecular weight is 415 g/mol. The lowest BCUT2D eigenvalue weighted by molar-refractivity contribution is -0.139. The summed E-state index contributed by atoms with van der Waals surface area (Å²) in [5.74, 6) is 2.70. The molecule has 2 aromatic rings. The normalized spacial score (nSPS) is 18.8. The first-order valence-corrected chi connectivity index (χ1v) is 12.0. The number of hydrogen-bond donors (Lipinski definition) is 0. The van der Waals surface area contributed by atoms with Crippen LogP contribution in [0.15, 0.2) is 0 Å². The van der Waals surface area contributed by atoms with Crippen molar-refractivity contribution < 1.29 is 4.79 Å². The standard InChI is InChI=1S/C23H34N4OS/c1-6-15(2)19-24-20(18-16-9-7-8-10-17(16)29-21(18)25-19)26-11-13-27(14-12-26)22(28)23(3,4)5/h15H,6-14H2,1-5H3/t15-/m0/s1. The Hall–Kier alpha value is -1.69. The summed E-state index contributed by atoms with van der Waals surface area (Å²) >= 11 is 1.89. The van der Waals surface area contributed by atoms with Gasteiger partial charge in [-0.3, -0.25) is 4.79 Å². The van der Waals surface area contributed by atoms with Crippen LogP contribution in [-0.4, -0.2) is 47.0 Å². The van der Waals surface area contributed by atoms with Crippen molar-refractivity contribution in [2.45, 2.75) is 72.6 Å². The quantitative estimate of drug-likeness (QED) is 0.725. The summed E-state index contributed by atoms with van der Waals surface area (Å²) in [6.07, 6.45) is 5.93. The molecule has 29 heavy (non-hydrogen) atoms. The van der Waals surface area contributed by atoms with E-state index in [1.165, 1.54) is 39.9 Å². The lowest BCUT2D eigenvalue weighted by Gasteiger charge is -2.38. The lowest BCUT2D eigenvalue weighted by atomic mass is 9.94. The molecule has 1 saturated heterocycles. The lowest BCUT2D eigenvalue weighted by Crippen LogP contribution is -2.52. The highest BCUT2D eigenvalue weighted by atomic mass is 32.1. The van der Waals surface area contributed by atoms with Gasteiger partial charge in [0.1, 0.15) is 16.5 Å². The van der Waals surface area contributed by atoms with Crippen molar-refractivity contribution in [2.24, 2.45) is 5.41 Å². The minimum absolute atomic E-state index is 0.248. The monoisotopic (exact) mass is 414 g/mol. The molecular formula is C23H34N4OS. The van der Waals surface area contributed by atoms with Crippen LogP contribution >= 0.6 is 11.3 Å². The zero-order valence-corrected chi connectivity index (χ0v) is 19.4. The summed E-state index contributed by atoms with van der Waals surface area (Å²) < 4.78 is 0. The second-order valence-electron chi connectivity index (χ2n) is 9.64. The molecule has 1 amide bonds. The van der Waals surface area contributed by atoms with Crippen molar-refractivity contribution in [3.8, 4) is 0 Å². The van der Waals surface area contributed by atoms with E-state index in [9.17, 15) is 4.79 Å². The third-order valence-electron chi connectivity index (χ3n) is 6.37. The number of thiophene rings is 1. The number of nitrogens with zero attached hydrogens (tertiary/aromatic N) is 4. The Morgan fingerprint density at radius 2 is 1.79 bits per heavy atom. The molecule has 0 N–H and O–H groups in total. The van der Waals surface area contributed by atoms with E-state index in [0.717, 1.165) is 50.7 Å². The van der Waals surface area contributed by atoms with Crippen molar-refractivity contribution >= 4 is 33.3 Å². The molecule has 2 aromatic heterocycles. The number of fused-ring (bicyclic) bond motifs is 3. The highest BCUT2D eigenvalue weighted by molar-refractivity contribution is 7.19. The van der Waals surface area contributed by atoms with Gasteiger partial charge in [-0.05, 0) is 37.7 Å². The molecule has 0 radical (unpaired) electrons. The molecule has 3 heterocycles. The van der Waals surface area contributed by atoms with Gasteiger partial charge in [-0.25, -0.2) is 9.97 Å². The first-order chi connectivity index (χ1) is 13.8. The molecule has 5 nitrogen and oxygen atoms in total. The second kappa shape index (κ2) is 7.86. The van der Waals surface area contributed by atoms with Crippen molar-refractivity contribution in [3.05, 3.63) is 16.3 Å². The van der Waals surface area contributed by atoms with E-state index in [4.69, 9.17) is 9.97 Å². The van der Waals surface area contributed by atoms with E-state index in [1.807, 2.05) is 37.0 Å². The fraction of sp³-hybridized carbons (Fsp3) is 0.696. The molecule has 0 aromatic carbocycles. The first-order valence-electron chi connectivity index (χ1n) is 11.2. The molecule has 4 rings (SSSR count). The summed E-state index contributed by atoms with van der Waals surface area (Å²) in [7, 11) is 0. The maximum Gasteiger partial charge on any atom is 0.228 e. The van der Waals surface area contributed by atoms with Crippen LogP contribution in [-0.2, 0) is 17.6 Å². The number of rotatable bonds is 3. The molecule has 0 saturated carbocycles. The first kappa shape index (κ1) is 20.6.